The minimum Gasteiger partial charge on any atom is -0.339 e. The Morgan fingerprint density at radius 3 is 2.65 bits per heavy atom. The Labute approximate surface area is 200 Å². The van der Waals surface area contributed by atoms with Crippen LogP contribution in [0.4, 0.5) is 0 Å². The van der Waals surface area contributed by atoms with Crippen molar-refractivity contribution < 1.29 is 4.52 Å². The maximum Gasteiger partial charge on any atom is 0.266 e. The number of benzene rings is 2. The summed E-state index contributed by atoms with van der Waals surface area (Å²) < 4.78 is 7.15. The number of pyridine rings is 1. The third-order valence-corrected chi connectivity index (χ3v) is 6.76. The summed E-state index contributed by atoms with van der Waals surface area (Å²) >= 11 is 1.56. The van der Waals surface area contributed by atoms with Crippen molar-refractivity contribution >= 4 is 22.7 Å². The van der Waals surface area contributed by atoms with Crippen molar-refractivity contribution in [3.05, 3.63) is 94.4 Å². The number of hydrogen-bond donors (Lipinski definition) is 0. The molecule has 3 aromatic heterocycles. The second kappa shape index (κ2) is 9.61. The molecule has 3 heterocycles. The molecular weight excluding hydrogens is 446 g/mol. The van der Waals surface area contributed by atoms with Crippen LogP contribution >= 0.6 is 11.8 Å². The molecule has 5 rings (SSSR count). The van der Waals surface area contributed by atoms with Gasteiger partial charge in [0, 0.05) is 30.1 Å². The minimum atomic E-state index is -0.0549. The zero-order valence-electron chi connectivity index (χ0n) is 18.9. The van der Waals surface area contributed by atoms with Crippen molar-refractivity contribution in [2.24, 2.45) is 0 Å². The van der Waals surface area contributed by atoms with E-state index in [2.05, 4.69) is 28.1 Å². The van der Waals surface area contributed by atoms with E-state index in [0.29, 0.717) is 34.2 Å². The van der Waals surface area contributed by atoms with Gasteiger partial charge in [-0.05, 0) is 61.7 Å². The highest BCUT2D eigenvalue weighted by atomic mass is 32.2. The van der Waals surface area contributed by atoms with E-state index in [4.69, 9.17) is 9.51 Å². The normalized spacial score (nSPS) is 11.2. The molecule has 0 spiro atoms. The lowest BCUT2D eigenvalue weighted by Gasteiger charge is -2.16. The Morgan fingerprint density at radius 1 is 0.971 bits per heavy atom. The lowest BCUT2D eigenvalue weighted by Crippen LogP contribution is -2.22. The number of thioether (sulfide) groups is 1. The summed E-state index contributed by atoms with van der Waals surface area (Å²) in [5.74, 6) is 1.90. The van der Waals surface area contributed by atoms with E-state index < -0.39 is 0 Å². The van der Waals surface area contributed by atoms with Gasteiger partial charge in [-0.1, -0.05) is 41.2 Å². The SMILES string of the molecule is Cc1cccc(-n2c(SCCCc3nc(-c4ccncc4)no3)nc3ccccc3c2=O)c1C. The summed E-state index contributed by atoms with van der Waals surface area (Å²) in [4.78, 5) is 26.8. The summed E-state index contributed by atoms with van der Waals surface area (Å²) in [6.07, 6.45) is 4.85. The number of fused-ring (bicyclic) bond motifs is 1. The van der Waals surface area contributed by atoms with Gasteiger partial charge in [-0.2, -0.15) is 4.98 Å². The highest BCUT2D eigenvalue weighted by molar-refractivity contribution is 7.99. The van der Waals surface area contributed by atoms with E-state index in [9.17, 15) is 4.79 Å². The van der Waals surface area contributed by atoms with E-state index >= 15 is 0 Å². The van der Waals surface area contributed by atoms with Crippen molar-refractivity contribution in [2.75, 3.05) is 5.75 Å². The molecule has 0 aliphatic rings. The number of rotatable bonds is 7. The van der Waals surface area contributed by atoms with Crippen molar-refractivity contribution in [1.29, 1.82) is 0 Å². The summed E-state index contributed by atoms with van der Waals surface area (Å²) in [6, 6.07) is 17.2. The first-order valence-electron chi connectivity index (χ1n) is 11.1. The molecule has 0 fully saturated rings. The fourth-order valence-corrected chi connectivity index (χ4v) is 4.71. The third kappa shape index (κ3) is 4.36. The van der Waals surface area contributed by atoms with Gasteiger partial charge in [-0.3, -0.25) is 14.3 Å². The van der Waals surface area contributed by atoms with Crippen molar-refractivity contribution in [3.63, 3.8) is 0 Å². The van der Waals surface area contributed by atoms with E-state index in [1.807, 2.05) is 55.5 Å². The molecule has 34 heavy (non-hydrogen) atoms. The fourth-order valence-electron chi connectivity index (χ4n) is 3.76. The van der Waals surface area contributed by atoms with Gasteiger partial charge in [-0.15, -0.1) is 0 Å². The molecule has 0 amide bonds. The van der Waals surface area contributed by atoms with Crippen LogP contribution in [0.2, 0.25) is 0 Å². The first kappa shape index (κ1) is 22.0. The number of aromatic nitrogens is 5. The van der Waals surface area contributed by atoms with E-state index in [-0.39, 0.29) is 5.56 Å². The predicted molar refractivity (Wildman–Crippen MR) is 133 cm³/mol. The van der Waals surface area contributed by atoms with Gasteiger partial charge in [0.25, 0.3) is 5.56 Å². The predicted octanol–water partition coefficient (Wildman–Crippen LogP) is 5.17. The lowest BCUT2D eigenvalue weighted by atomic mass is 10.1. The van der Waals surface area contributed by atoms with Crippen molar-refractivity contribution in [1.82, 2.24) is 24.7 Å². The lowest BCUT2D eigenvalue weighted by molar-refractivity contribution is 0.378. The average Bonchev–Trinajstić information content (AvgIpc) is 3.34. The summed E-state index contributed by atoms with van der Waals surface area (Å²) in [7, 11) is 0. The van der Waals surface area contributed by atoms with Gasteiger partial charge in [0.1, 0.15) is 0 Å². The molecule has 0 bridgehead atoms. The Balaban J connectivity index is 1.38. The number of aryl methyl sites for hydroxylation is 2. The maximum absolute atomic E-state index is 13.5. The zero-order chi connectivity index (χ0) is 23.5. The molecule has 0 aliphatic carbocycles. The van der Waals surface area contributed by atoms with E-state index in [1.54, 1.807) is 28.7 Å². The summed E-state index contributed by atoms with van der Waals surface area (Å²) in [6.45, 7) is 4.09. The van der Waals surface area contributed by atoms with Crippen LogP contribution in [0, 0.1) is 13.8 Å². The molecule has 0 saturated heterocycles. The minimum absolute atomic E-state index is 0.0549. The summed E-state index contributed by atoms with van der Waals surface area (Å²) in [5.41, 5.74) is 4.59. The van der Waals surface area contributed by atoms with Crippen LogP contribution in [-0.4, -0.2) is 30.4 Å². The van der Waals surface area contributed by atoms with Crippen molar-refractivity contribution in [3.8, 4) is 17.1 Å². The molecule has 0 unspecified atom stereocenters. The highest BCUT2D eigenvalue weighted by Gasteiger charge is 2.16. The Hall–Kier alpha value is -3.78. The first-order chi connectivity index (χ1) is 16.6. The zero-order valence-corrected chi connectivity index (χ0v) is 19.7. The topological polar surface area (TPSA) is 86.7 Å². The number of hydrogen-bond acceptors (Lipinski definition) is 7. The molecule has 0 atom stereocenters. The smallest absolute Gasteiger partial charge is 0.266 e. The van der Waals surface area contributed by atoms with Gasteiger partial charge in [0.05, 0.1) is 16.6 Å². The Morgan fingerprint density at radius 2 is 1.79 bits per heavy atom. The van der Waals surface area contributed by atoms with Gasteiger partial charge in [-0.25, -0.2) is 4.98 Å². The standard InChI is InChI=1S/C26H23N5O2S/c1-17-7-5-10-22(18(17)2)31-25(32)20-8-3-4-9-21(20)28-26(31)34-16-6-11-23-29-24(30-33-23)19-12-14-27-15-13-19/h3-5,7-10,12-15H,6,11,16H2,1-2H3. The molecule has 0 N–H and O–H groups in total. The molecule has 8 heteroatoms. The molecule has 2 aromatic carbocycles. The van der Waals surface area contributed by atoms with Gasteiger partial charge in [0.15, 0.2) is 5.16 Å². The molecular formula is C26H23N5O2S. The molecule has 0 saturated carbocycles. The molecule has 0 aliphatic heterocycles. The summed E-state index contributed by atoms with van der Waals surface area (Å²) in [5, 5.41) is 5.36. The average molecular weight is 470 g/mol. The van der Waals surface area contributed by atoms with Gasteiger partial charge < -0.3 is 4.52 Å². The van der Waals surface area contributed by atoms with E-state index in [0.717, 1.165) is 34.6 Å². The van der Waals surface area contributed by atoms with Crippen LogP contribution < -0.4 is 5.56 Å². The highest BCUT2D eigenvalue weighted by Crippen LogP contribution is 2.25. The maximum atomic E-state index is 13.5. The fraction of sp³-hybridized carbons (Fsp3) is 0.192. The quantitative estimate of drug-likeness (QED) is 0.185. The van der Waals surface area contributed by atoms with Crippen LogP contribution in [-0.2, 0) is 6.42 Å². The second-order valence-electron chi connectivity index (χ2n) is 7.97. The van der Waals surface area contributed by atoms with Gasteiger partial charge in [0.2, 0.25) is 11.7 Å². The molecule has 0 radical (unpaired) electrons. The van der Waals surface area contributed by atoms with Crippen LogP contribution in [0.15, 0.2) is 81.5 Å². The Bertz CT molecular complexity index is 1510. The third-order valence-electron chi connectivity index (χ3n) is 5.73. The van der Waals surface area contributed by atoms with E-state index in [1.165, 1.54) is 0 Å². The van der Waals surface area contributed by atoms with Crippen LogP contribution in [0.5, 0.6) is 0 Å². The van der Waals surface area contributed by atoms with Crippen LogP contribution in [0.3, 0.4) is 0 Å². The first-order valence-corrected chi connectivity index (χ1v) is 12.0. The van der Waals surface area contributed by atoms with Crippen LogP contribution in [0.1, 0.15) is 23.4 Å². The number of nitrogens with zero attached hydrogens (tertiary/aromatic N) is 5. The molecule has 5 aromatic rings. The second-order valence-corrected chi connectivity index (χ2v) is 9.03. The Kier molecular flexibility index (Phi) is 6.22. The van der Waals surface area contributed by atoms with Crippen LogP contribution in [0.25, 0.3) is 28.0 Å². The molecule has 7 nitrogen and oxygen atoms in total. The van der Waals surface area contributed by atoms with Gasteiger partial charge >= 0.3 is 0 Å². The van der Waals surface area contributed by atoms with Crippen molar-refractivity contribution in [2.45, 2.75) is 31.8 Å². The molecule has 170 valence electrons. The monoisotopic (exact) mass is 469 g/mol. The largest absolute Gasteiger partial charge is 0.339 e. The number of para-hydroxylation sites is 1.